The fourth-order valence-corrected chi connectivity index (χ4v) is 3.07. The number of hydrogen-bond acceptors (Lipinski definition) is 4. The standard InChI is InChI=1S/C15H18ClNO2S/c1-10(11-3-5-13(18)14(9-11)19-2)17-8-7-12-4-6-15(16)20-12/h3-6,9-10,17-18H,7-8H2,1-2H3. The van der Waals surface area contributed by atoms with Crippen molar-refractivity contribution >= 4 is 22.9 Å². The molecule has 20 heavy (non-hydrogen) atoms. The Bertz CT molecular complexity index is 571. The maximum atomic E-state index is 9.59. The molecule has 1 aromatic heterocycles. The molecule has 0 saturated heterocycles. The van der Waals surface area contributed by atoms with Crippen LogP contribution >= 0.6 is 22.9 Å². The molecule has 0 fully saturated rings. The molecule has 0 radical (unpaired) electrons. The number of hydrogen-bond donors (Lipinski definition) is 2. The van der Waals surface area contributed by atoms with Crippen molar-refractivity contribution in [1.29, 1.82) is 0 Å². The monoisotopic (exact) mass is 311 g/mol. The van der Waals surface area contributed by atoms with Gasteiger partial charge in [-0.1, -0.05) is 17.7 Å². The second-order valence-corrected chi connectivity index (χ2v) is 6.36. The number of thiophene rings is 1. The summed E-state index contributed by atoms with van der Waals surface area (Å²) in [6, 6.07) is 9.59. The van der Waals surface area contributed by atoms with Crippen molar-refractivity contribution in [3.05, 3.63) is 45.1 Å². The fourth-order valence-electron chi connectivity index (χ4n) is 1.98. The van der Waals surface area contributed by atoms with Crippen LogP contribution in [-0.2, 0) is 6.42 Å². The molecule has 5 heteroatoms. The van der Waals surface area contributed by atoms with Gasteiger partial charge < -0.3 is 15.2 Å². The van der Waals surface area contributed by atoms with Gasteiger partial charge in [0.15, 0.2) is 11.5 Å². The van der Waals surface area contributed by atoms with Crippen molar-refractivity contribution in [2.45, 2.75) is 19.4 Å². The van der Waals surface area contributed by atoms with Crippen LogP contribution < -0.4 is 10.1 Å². The van der Waals surface area contributed by atoms with Gasteiger partial charge >= 0.3 is 0 Å². The Kier molecular flexibility index (Phi) is 5.29. The summed E-state index contributed by atoms with van der Waals surface area (Å²) in [6.45, 7) is 2.97. The maximum Gasteiger partial charge on any atom is 0.160 e. The molecule has 2 rings (SSSR count). The Morgan fingerprint density at radius 3 is 2.80 bits per heavy atom. The van der Waals surface area contributed by atoms with Crippen LogP contribution in [0.1, 0.15) is 23.4 Å². The summed E-state index contributed by atoms with van der Waals surface area (Å²) in [4.78, 5) is 1.28. The van der Waals surface area contributed by atoms with Crippen molar-refractivity contribution in [3.8, 4) is 11.5 Å². The van der Waals surface area contributed by atoms with Crippen LogP contribution in [0, 0.1) is 0 Å². The lowest BCUT2D eigenvalue weighted by Gasteiger charge is -2.15. The van der Waals surface area contributed by atoms with Gasteiger partial charge in [-0.25, -0.2) is 0 Å². The lowest BCUT2D eigenvalue weighted by molar-refractivity contribution is 0.372. The zero-order valence-electron chi connectivity index (χ0n) is 11.5. The highest BCUT2D eigenvalue weighted by Gasteiger charge is 2.09. The molecular formula is C15H18ClNO2S. The SMILES string of the molecule is COc1cc(C(C)NCCc2ccc(Cl)s2)ccc1O. The second kappa shape index (κ2) is 6.97. The molecule has 2 N–H and O–H groups in total. The third-order valence-corrected chi connectivity index (χ3v) is 4.45. The molecule has 0 aliphatic carbocycles. The van der Waals surface area contributed by atoms with Crippen molar-refractivity contribution in [3.63, 3.8) is 0 Å². The smallest absolute Gasteiger partial charge is 0.160 e. The molecule has 1 aromatic carbocycles. The van der Waals surface area contributed by atoms with E-state index in [1.165, 1.54) is 4.88 Å². The quantitative estimate of drug-likeness (QED) is 0.847. The highest BCUT2D eigenvalue weighted by atomic mass is 35.5. The molecule has 108 valence electrons. The minimum atomic E-state index is 0.164. The molecule has 1 atom stereocenters. The highest BCUT2D eigenvalue weighted by molar-refractivity contribution is 7.16. The van der Waals surface area contributed by atoms with Crippen LogP contribution in [0.3, 0.4) is 0 Å². The van der Waals surface area contributed by atoms with Gasteiger partial charge in [0.2, 0.25) is 0 Å². The van der Waals surface area contributed by atoms with Gasteiger partial charge in [-0.05, 0) is 43.2 Å². The molecular weight excluding hydrogens is 294 g/mol. The maximum absolute atomic E-state index is 9.59. The van der Waals surface area contributed by atoms with Gasteiger partial charge in [0.05, 0.1) is 11.4 Å². The topological polar surface area (TPSA) is 41.5 Å². The van der Waals surface area contributed by atoms with Crippen LogP contribution in [0.5, 0.6) is 11.5 Å². The number of phenols is 1. The van der Waals surface area contributed by atoms with E-state index in [0.717, 1.165) is 22.9 Å². The van der Waals surface area contributed by atoms with Crippen LogP contribution in [0.25, 0.3) is 0 Å². The first-order valence-electron chi connectivity index (χ1n) is 6.44. The van der Waals surface area contributed by atoms with Crippen LogP contribution in [0.4, 0.5) is 0 Å². The summed E-state index contributed by atoms with van der Waals surface area (Å²) in [6.07, 6.45) is 0.955. The Balaban J connectivity index is 1.89. The van der Waals surface area contributed by atoms with Crippen LogP contribution in [-0.4, -0.2) is 18.8 Å². The molecule has 0 bridgehead atoms. The van der Waals surface area contributed by atoms with Crippen LogP contribution in [0.2, 0.25) is 4.34 Å². The van der Waals surface area contributed by atoms with Gasteiger partial charge in [-0.3, -0.25) is 0 Å². The molecule has 0 aliphatic heterocycles. The van der Waals surface area contributed by atoms with Crippen molar-refractivity contribution < 1.29 is 9.84 Å². The zero-order chi connectivity index (χ0) is 14.5. The minimum absolute atomic E-state index is 0.164. The lowest BCUT2D eigenvalue weighted by Crippen LogP contribution is -2.21. The number of aromatic hydroxyl groups is 1. The number of methoxy groups -OCH3 is 1. The number of ether oxygens (including phenoxy) is 1. The van der Waals surface area contributed by atoms with E-state index in [1.54, 1.807) is 24.5 Å². The third-order valence-electron chi connectivity index (χ3n) is 3.15. The van der Waals surface area contributed by atoms with E-state index >= 15 is 0 Å². The minimum Gasteiger partial charge on any atom is -0.504 e. The molecule has 0 spiro atoms. The molecule has 0 aliphatic rings. The first-order valence-corrected chi connectivity index (χ1v) is 7.64. The first kappa shape index (κ1) is 15.2. The van der Waals surface area contributed by atoms with Gasteiger partial charge in [0.1, 0.15) is 0 Å². The van der Waals surface area contributed by atoms with Crippen LogP contribution in [0.15, 0.2) is 30.3 Å². The summed E-state index contributed by atoms with van der Waals surface area (Å²) < 4.78 is 5.95. The lowest BCUT2D eigenvalue weighted by atomic mass is 10.1. The predicted molar refractivity (Wildman–Crippen MR) is 84.1 cm³/mol. The Morgan fingerprint density at radius 2 is 2.15 bits per heavy atom. The van der Waals surface area contributed by atoms with E-state index in [9.17, 15) is 5.11 Å². The van der Waals surface area contributed by atoms with E-state index in [1.807, 2.05) is 18.2 Å². The molecule has 0 saturated carbocycles. The van der Waals surface area contributed by atoms with E-state index in [0.29, 0.717) is 5.75 Å². The number of benzene rings is 1. The van der Waals surface area contributed by atoms with Gasteiger partial charge in [0.25, 0.3) is 0 Å². The molecule has 3 nitrogen and oxygen atoms in total. The van der Waals surface area contributed by atoms with E-state index in [-0.39, 0.29) is 11.8 Å². The molecule has 2 aromatic rings. The van der Waals surface area contributed by atoms with Gasteiger partial charge in [-0.15, -0.1) is 11.3 Å². The third kappa shape index (κ3) is 3.88. The fraction of sp³-hybridized carbons (Fsp3) is 0.333. The Labute approximate surface area is 128 Å². The molecule has 0 amide bonds. The summed E-state index contributed by atoms with van der Waals surface area (Å²) in [5.41, 5.74) is 1.09. The molecule has 1 heterocycles. The van der Waals surface area contributed by atoms with Crippen molar-refractivity contribution in [1.82, 2.24) is 5.32 Å². The Morgan fingerprint density at radius 1 is 1.35 bits per heavy atom. The summed E-state index contributed by atoms with van der Waals surface area (Å²) >= 11 is 7.52. The second-order valence-electron chi connectivity index (χ2n) is 4.56. The number of nitrogens with one attached hydrogen (secondary N) is 1. The summed E-state index contributed by atoms with van der Waals surface area (Å²) in [7, 11) is 1.55. The number of rotatable bonds is 6. The van der Waals surface area contributed by atoms with E-state index < -0.39 is 0 Å². The van der Waals surface area contributed by atoms with E-state index in [4.69, 9.17) is 16.3 Å². The predicted octanol–water partition coefficient (Wildman–Crippen LogP) is 4.01. The number of halogens is 1. The average molecular weight is 312 g/mol. The summed E-state index contributed by atoms with van der Waals surface area (Å²) in [5.74, 6) is 0.665. The van der Waals surface area contributed by atoms with Crippen molar-refractivity contribution in [2.24, 2.45) is 0 Å². The zero-order valence-corrected chi connectivity index (χ0v) is 13.1. The van der Waals surface area contributed by atoms with Crippen molar-refractivity contribution in [2.75, 3.05) is 13.7 Å². The first-order chi connectivity index (χ1) is 9.60. The van der Waals surface area contributed by atoms with E-state index in [2.05, 4.69) is 18.3 Å². The normalized spacial score (nSPS) is 12.3. The highest BCUT2D eigenvalue weighted by Crippen LogP contribution is 2.28. The Hall–Kier alpha value is -1.23. The largest absolute Gasteiger partial charge is 0.504 e. The molecule has 1 unspecified atom stereocenters. The number of phenolic OH excluding ortho intramolecular Hbond substituents is 1. The summed E-state index contributed by atoms with van der Waals surface area (Å²) in [5, 5.41) is 13.0. The van der Waals surface area contributed by atoms with Gasteiger partial charge in [-0.2, -0.15) is 0 Å². The van der Waals surface area contributed by atoms with Gasteiger partial charge in [0, 0.05) is 17.5 Å². The average Bonchev–Trinajstić information content (AvgIpc) is 2.85.